The third-order valence-electron chi connectivity index (χ3n) is 2.88. The summed E-state index contributed by atoms with van der Waals surface area (Å²) in [7, 11) is 3.60. The molecule has 1 aromatic carbocycles. The van der Waals surface area contributed by atoms with Gasteiger partial charge in [0.1, 0.15) is 11.5 Å². The first-order valence-electron chi connectivity index (χ1n) is 5.71. The van der Waals surface area contributed by atoms with E-state index < -0.39 is 0 Å². The summed E-state index contributed by atoms with van der Waals surface area (Å²) in [6.45, 7) is 1.94. The van der Waals surface area contributed by atoms with Crippen LogP contribution >= 0.6 is 15.9 Å². The largest absolute Gasteiger partial charge is 0.496 e. The van der Waals surface area contributed by atoms with Crippen LogP contribution in [0.15, 0.2) is 39.4 Å². The third-order valence-corrected chi connectivity index (χ3v) is 3.50. The molecule has 0 amide bonds. The van der Waals surface area contributed by atoms with Crippen molar-refractivity contribution in [2.75, 3.05) is 14.2 Å². The monoisotopic (exact) mass is 309 g/mol. The van der Waals surface area contributed by atoms with E-state index in [0.29, 0.717) is 0 Å². The molecule has 0 aliphatic rings. The second-order valence-corrected chi connectivity index (χ2v) is 4.96. The first-order chi connectivity index (χ1) is 8.65. The lowest BCUT2D eigenvalue weighted by molar-refractivity contribution is 0.412. The molecule has 1 unspecified atom stereocenters. The Morgan fingerprint density at radius 2 is 2.06 bits per heavy atom. The van der Waals surface area contributed by atoms with E-state index in [1.165, 1.54) is 0 Å². The standard InChI is InChI=1S/C14H16BrNO2/c1-9-6-11(8-18-9)14(16-2)10-4-5-13(17-3)12(15)7-10/h4-8,14,16H,1-3H3. The summed E-state index contributed by atoms with van der Waals surface area (Å²) in [6.07, 6.45) is 1.79. The number of aryl methyl sites for hydroxylation is 1. The fourth-order valence-corrected chi connectivity index (χ4v) is 2.56. The van der Waals surface area contributed by atoms with Gasteiger partial charge >= 0.3 is 0 Å². The van der Waals surface area contributed by atoms with Crippen LogP contribution in [0.25, 0.3) is 0 Å². The molecule has 1 aromatic heterocycles. The fraction of sp³-hybridized carbons (Fsp3) is 0.286. The van der Waals surface area contributed by atoms with Crippen LogP contribution in [0.3, 0.4) is 0 Å². The lowest BCUT2D eigenvalue weighted by Crippen LogP contribution is -2.17. The van der Waals surface area contributed by atoms with Gasteiger partial charge in [0.25, 0.3) is 0 Å². The predicted molar refractivity (Wildman–Crippen MR) is 75.0 cm³/mol. The Morgan fingerprint density at radius 3 is 2.56 bits per heavy atom. The van der Waals surface area contributed by atoms with Crippen LogP contribution in [0.5, 0.6) is 5.75 Å². The number of benzene rings is 1. The summed E-state index contributed by atoms with van der Waals surface area (Å²) in [5.41, 5.74) is 2.28. The molecule has 0 fully saturated rings. The van der Waals surface area contributed by atoms with Crippen molar-refractivity contribution in [3.05, 3.63) is 51.9 Å². The molecule has 1 N–H and O–H groups in total. The predicted octanol–water partition coefficient (Wildman–Crippen LogP) is 3.67. The lowest BCUT2D eigenvalue weighted by Gasteiger charge is -2.16. The highest BCUT2D eigenvalue weighted by Gasteiger charge is 2.15. The van der Waals surface area contributed by atoms with Gasteiger partial charge in [0, 0.05) is 5.56 Å². The van der Waals surface area contributed by atoms with Gasteiger partial charge in [-0.2, -0.15) is 0 Å². The molecule has 4 heteroatoms. The van der Waals surface area contributed by atoms with Gasteiger partial charge < -0.3 is 14.5 Å². The second-order valence-electron chi connectivity index (χ2n) is 4.11. The molecule has 0 saturated heterocycles. The van der Waals surface area contributed by atoms with Crippen LogP contribution in [-0.4, -0.2) is 14.2 Å². The molecule has 0 radical (unpaired) electrons. The van der Waals surface area contributed by atoms with Gasteiger partial charge in [0.15, 0.2) is 0 Å². The minimum Gasteiger partial charge on any atom is -0.496 e. The summed E-state index contributed by atoms with van der Waals surface area (Å²) in [5, 5.41) is 3.29. The van der Waals surface area contributed by atoms with Crippen molar-refractivity contribution in [1.82, 2.24) is 5.32 Å². The Balaban J connectivity index is 2.36. The van der Waals surface area contributed by atoms with Crippen LogP contribution in [0, 0.1) is 6.92 Å². The highest BCUT2D eigenvalue weighted by Crippen LogP contribution is 2.31. The molecule has 1 atom stereocenters. The smallest absolute Gasteiger partial charge is 0.133 e. The number of hydrogen-bond donors (Lipinski definition) is 1. The van der Waals surface area contributed by atoms with Crippen LogP contribution in [0.4, 0.5) is 0 Å². The van der Waals surface area contributed by atoms with Crippen molar-refractivity contribution in [2.45, 2.75) is 13.0 Å². The maximum absolute atomic E-state index is 5.37. The van der Waals surface area contributed by atoms with Crippen molar-refractivity contribution in [3.8, 4) is 5.75 Å². The van der Waals surface area contributed by atoms with Crippen LogP contribution < -0.4 is 10.1 Å². The lowest BCUT2D eigenvalue weighted by atomic mass is 10.0. The summed E-state index contributed by atoms with van der Waals surface area (Å²) in [6, 6.07) is 8.22. The topological polar surface area (TPSA) is 34.4 Å². The van der Waals surface area contributed by atoms with Crippen molar-refractivity contribution < 1.29 is 9.15 Å². The Bertz CT molecular complexity index is 536. The number of hydrogen-bond acceptors (Lipinski definition) is 3. The third kappa shape index (κ3) is 2.60. The van der Waals surface area contributed by atoms with E-state index in [1.54, 1.807) is 13.4 Å². The van der Waals surface area contributed by atoms with E-state index in [4.69, 9.17) is 9.15 Å². The molecule has 0 aliphatic carbocycles. The van der Waals surface area contributed by atoms with Gasteiger partial charge in [0.2, 0.25) is 0 Å². The Morgan fingerprint density at radius 1 is 1.28 bits per heavy atom. The van der Waals surface area contributed by atoms with Crippen LogP contribution in [0.1, 0.15) is 22.9 Å². The molecule has 0 spiro atoms. The molecule has 0 bridgehead atoms. The van der Waals surface area contributed by atoms with Gasteiger partial charge in [-0.1, -0.05) is 6.07 Å². The molecule has 2 rings (SSSR count). The molecular formula is C14H16BrNO2. The van der Waals surface area contributed by atoms with Crippen LogP contribution in [-0.2, 0) is 0 Å². The number of ether oxygens (including phenoxy) is 1. The number of furan rings is 1. The van der Waals surface area contributed by atoms with Gasteiger partial charge in [-0.3, -0.25) is 0 Å². The molecule has 2 aromatic rings. The summed E-state index contributed by atoms with van der Waals surface area (Å²) < 4.78 is 11.6. The zero-order valence-corrected chi connectivity index (χ0v) is 12.2. The Labute approximate surface area is 115 Å². The van der Waals surface area contributed by atoms with E-state index in [0.717, 1.165) is 27.1 Å². The zero-order chi connectivity index (χ0) is 13.1. The van der Waals surface area contributed by atoms with Crippen molar-refractivity contribution in [3.63, 3.8) is 0 Å². The fourth-order valence-electron chi connectivity index (χ4n) is 2.00. The van der Waals surface area contributed by atoms with Crippen molar-refractivity contribution in [1.29, 1.82) is 0 Å². The van der Waals surface area contributed by atoms with E-state index in [1.807, 2.05) is 32.2 Å². The maximum atomic E-state index is 5.37. The van der Waals surface area contributed by atoms with Crippen LogP contribution in [0.2, 0.25) is 0 Å². The molecule has 0 aliphatic heterocycles. The normalized spacial score (nSPS) is 12.4. The second kappa shape index (κ2) is 5.59. The first-order valence-corrected chi connectivity index (χ1v) is 6.50. The van der Waals surface area contributed by atoms with Crippen molar-refractivity contribution >= 4 is 15.9 Å². The molecule has 1 heterocycles. The van der Waals surface area contributed by atoms with E-state index in [2.05, 4.69) is 27.3 Å². The minimum absolute atomic E-state index is 0.115. The molecular weight excluding hydrogens is 294 g/mol. The zero-order valence-electron chi connectivity index (χ0n) is 10.7. The summed E-state index contributed by atoms with van der Waals surface area (Å²) >= 11 is 3.51. The molecule has 18 heavy (non-hydrogen) atoms. The molecule has 96 valence electrons. The van der Waals surface area contributed by atoms with Gasteiger partial charge in [-0.25, -0.2) is 0 Å². The average molecular weight is 310 g/mol. The first kappa shape index (κ1) is 13.2. The Hall–Kier alpha value is -1.26. The maximum Gasteiger partial charge on any atom is 0.133 e. The van der Waals surface area contributed by atoms with Crippen molar-refractivity contribution in [2.24, 2.45) is 0 Å². The quantitative estimate of drug-likeness (QED) is 0.935. The highest BCUT2D eigenvalue weighted by molar-refractivity contribution is 9.10. The summed E-state index contributed by atoms with van der Waals surface area (Å²) in [5.74, 6) is 1.75. The van der Waals surface area contributed by atoms with Gasteiger partial charge in [-0.05, 0) is 53.7 Å². The average Bonchev–Trinajstić information content (AvgIpc) is 2.77. The summed E-state index contributed by atoms with van der Waals surface area (Å²) in [4.78, 5) is 0. The molecule has 0 saturated carbocycles. The van der Waals surface area contributed by atoms with E-state index in [-0.39, 0.29) is 6.04 Å². The Kier molecular flexibility index (Phi) is 4.09. The molecule has 3 nitrogen and oxygen atoms in total. The SMILES string of the molecule is CNC(c1coc(C)c1)c1ccc(OC)c(Br)c1. The minimum atomic E-state index is 0.115. The van der Waals surface area contributed by atoms with Gasteiger partial charge in [0.05, 0.1) is 23.9 Å². The number of rotatable bonds is 4. The number of halogens is 1. The number of methoxy groups -OCH3 is 1. The van der Waals surface area contributed by atoms with E-state index in [9.17, 15) is 0 Å². The van der Waals surface area contributed by atoms with E-state index >= 15 is 0 Å². The van der Waals surface area contributed by atoms with Gasteiger partial charge in [-0.15, -0.1) is 0 Å². The number of nitrogens with one attached hydrogen (secondary N) is 1. The highest BCUT2D eigenvalue weighted by atomic mass is 79.9.